The highest BCUT2D eigenvalue weighted by molar-refractivity contribution is 5.76. The Balaban J connectivity index is 3.16. The van der Waals surface area contributed by atoms with Crippen molar-refractivity contribution in [3.8, 4) is 17.2 Å². The van der Waals surface area contributed by atoms with E-state index >= 15 is 0 Å². The minimum absolute atomic E-state index is 0.0280. The lowest BCUT2D eigenvalue weighted by Crippen LogP contribution is -2.10. The molecular weight excluding hydrogens is 224 g/mol. The second-order valence-corrected chi connectivity index (χ2v) is 3.46. The molecule has 1 N–H and O–H groups in total. The number of carbonyl (C=O) groups excluding carboxylic acids is 2. The maximum atomic E-state index is 11.2. The molecule has 0 saturated carbocycles. The minimum Gasteiger partial charge on any atom is -0.508 e. The first-order valence-corrected chi connectivity index (χ1v) is 5.17. The van der Waals surface area contributed by atoms with Gasteiger partial charge in [-0.2, -0.15) is 0 Å². The molecule has 0 saturated heterocycles. The van der Waals surface area contributed by atoms with Crippen LogP contribution < -0.4 is 9.47 Å². The first-order chi connectivity index (χ1) is 7.95. The zero-order chi connectivity index (χ0) is 13.0. The maximum absolute atomic E-state index is 11.2. The standard InChI is InChI=1S/C12H14O5/c1-4-11(15)17-12-7(2)9(14)5-6-10(12)16-8(3)13/h5-6,14H,4H2,1-3H3. The van der Waals surface area contributed by atoms with E-state index in [1.165, 1.54) is 19.1 Å². The summed E-state index contributed by atoms with van der Waals surface area (Å²) in [6, 6.07) is 2.75. The van der Waals surface area contributed by atoms with Gasteiger partial charge in [-0.3, -0.25) is 9.59 Å². The van der Waals surface area contributed by atoms with E-state index in [0.29, 0.717) is 5.56 Å². The molecule has 5 nitrogen and oxygen atoms in total. The summed E-state index contributed by atoms with van der Waals surface area (Å²) >= 11 is 0. The van der Waals surface area contributed by atoms with Crippen molar-refractivity contribution >= 4 is 11.9 Å². The van der Waals surface area contributed by atoms with Crippen LogP contribution in [0.5, 0.6) is 17.2 Å². The van der Waals surface area contributed by atoms with Gasteiger partial charge in [0.15, 0.2) is 11.5 Å². The molecular formula is C12H14O5. The zero-order valence-corrected chi connectivity index (χ0v) is 9.94. The van der Waals surface area contributed by atoms with Gasteiger partial charge in [0.2, 0.25) is 0 Å². The first-order valence-electron chi connectivity index (χ1n) is 5.17. The number of rotatable bonds is 3. The largest absolute Gasteiger partial charge is 0.508 e. The molecule has 0 aliphatic rings. The minimum atomic E-state index is -0.524. The Bertz CT molecular complexity index is 450. The molecule has 0 aliphatic heterocycles. The van der Waals surface area contributed by atoms with Gasteiger partial charge in [0.25, 0.3) is 0 Å². The lowest BCUT2D eigenvalue weighted by atomic mass is 10.2. The topological polar surface area (TPSA) is 72.8 Å². The van der Waals surface area contributed by atoms with E-state index in [4.69, 9.17) is 9.47 Å². The molecule has 0 bridgehead atoms. The van der Waals surface area contributed by atoms with Crippen LogP contribution in [0.25, 0.3) is 0 Å². The fraction of sp³-hybridized carbons (Fsp3) is 0.333. The molecule has 1 rings (SSSR count). The van der Waals surface area contributed by atoms with E-state index < -0.39 is 11.9 Å². The fourth-order valence-corrected chi connectivity index (χ4v) is 1.20. The van der Waals surface area contributed by atoms with E-state index in [2.05, 4.69) is 0 Å². The number of ether oxygens (including phenoxy) is 2. The van der Waals surface area contributed by atoms with Crippen molar-refractivity contribution in [1.29, 1.82) is 0 Å². The fourth-order valence-electron chi connectivity index (χ4n) is 1.20. The lowest BCUT2D eigenvalue weighted by Gasteiger charge is -2.12. The van der Waals surface area contributed by atoms with Crippen molar-refractivity contribution in [2.45, 2.75) is 27.2 Å². The van der Waals surface area contributed by atoms with Crippen LogP contribution in [0, 0.1) is 6.92 Å². The number of hydrogen-bond donors (Lipinski definition) is 1. The molecule has 0 amide bonds. The Morgan fingerprint density at radius 2 is 1.94 bits per heavy atom. The molecule has 92 valence electrons. The highest BCUT2D eigenvalue weighted by Gasteiger charge is 2.16. The molecule has 1 aromatic carbocycles. The normalized spacial score (nSPS) is 9.82. The summed E-state index contributed by atoms with van der Waals surface area (Å²) in [5.41, 5.74) is 0.352. The van der Waals surface area contributed by atoms with Crippen molar-refractivity contribution in [3.63, 3.8) is 0 Å². The van der Waals surface area contributed by atoms with E-state index in [9.17, 15) is 14.7 Å². The number of phenols is 1. The van der Waals surface area contributed by atoms with Gasteiger partial charge in [0, 0.05) is 18.9 Å². The summed E-state index contributed by atoms with van der Waals surface area (Å²) < 4.78 is 9.93. The molecule has 0 radical (unpaired) electrons. The average Bonchev–Trinajstić information content (AvgIpc) is 2.27. The van der Waals surface area contributed by atoms with Crippen LogP contribution in [-0.4, -0.2) is 17.0 Å². The number of carbonyl (C=O) groups is 2. The van der Waals surface area contributed by atoms with Crippen LogP contribution in [0.1, 0.15) is 25.8 Å². The molecule has 0 spiro atoms. The third-order valence-electron chi connectivity index (χ3n) is 2.10. The van der Waals surface area contributed by atoms with Gasteiger partial charge in [-0.25, -0.2) is 0 Å². The van der Waals surface area contributed by atoms with Crippen LogP contribution in [0.3, 0.4) is 0 Å². The van der Waals surface area contributed by atoms with Gasteiger partial charge in [-0.05, 0) is 19.1 Å². The van der Waals surface area contributed by atoms with E-state index in [0.717, 1.165) is 0 Å². The summed E-state index contributed by atoms with van der Waals surface area (Å²) in [7, 11) is 0. The van der Waals surface area contributed by atoms with Crippen molar-refractivity contribution in [1.82, 2.24) is 0 Å². The van der Waals surface area contributed by atoms with Crippen LogP contribution in [0.2, 0.25) is 0 Å². The Labute approximate surface area is 99.0 Å². The van der Waals surface area contributed by atoms with E-state index in [1.807, 2.05) is 0 Å². The molecule has 0 aliphatic carbocycles. The quantitative estimate of drug-likeness (QED) is 0.643. The maximum Gasteiger partial charge on any atom is 0.311 e. The monoisotopic (exact) mass is 238 g/mol. The van der Waals surface area contributed by atoms with E-state index in [1.54, 1.807) is 13.8 Å². The van der Waals surface area contributed by atoms with Gasteiger partial charge < -0.3 is 14.6 Å². The molecule has 0 heterocycles. The van der Waals surface area contributed by atoms with Crippen LogP contribution in [0.4, 0.5) is 0 Å². The highest BCUT2D eigenvalue weighted by Crippen LogP contribution is 2.36. The molecule has 0 unspecified atom stereocenters. The van der Waals surface area contributed by atoms with Gasteiger partial charge in [-0.15, -0.1) is 0 Å². The molecule has 17 heavy (non-hydrogen) atoms. The smallest absolute Gasteiger partial charge is 0.311 e. The van der Waals surface area contributed by atoms with Gasteiger partial charge in [0.1, 0.15) is 5.75 Å². The highest BCUT2D eigenvalue weighted by atomic mass is 16.6. The van der Waals surface area contributed by atoms with Crippen LogP contribution in [-0.2, 0) is 9.59 Å². The Morgan fingerprint density at radius 1 is 1.29 bits per heavy atom. The summed E-state index contributed by atoms with van der Waals surface area (Å²) in [5, 5.41) is 9.51. The average molecular weight is 238 g/mol. The summed E-state index contributed by atoms with van der Waals surface area (Å²) in [6.07, 6.45) is 0.189. The lowest BCUT2D eigenvalue weighted by molar-refractivity contribution is -0.136. The summed E-state index contributed by atoms with van der Waals surface area (Å²) in [6.45, 7) is 4.46. The van der Waals surface area contributed by atoms with Crippen LogP contribution in [0.15, 0.2) is 12.1 Å². The predicted molar refractivity (Wildman–Crippen MR) is 60.1 cm³/mol. The first kappa shape index (κ1) is 13.0. The second-order valence-electron chi connectivity index (χ2n) is 3.46. The number of aromatic hydroxyl groups is 1. The number of phenolic OH excluding ortho intramolecular Hbond substituents is 1. The Kier molecular flexibility index (Phi) is 4.09. The number of esters is 2. The number of benzene rings is 1. The van der Waals surface area contributed by atoms with Crippen molar-refractivity contribution in [3.05, 3.63) is 17.7 Å². The van der Waals surface area contributed by atoms with Crippen LogP contribution >= 0.6 is 0 Å². The van der Waals surface area contributed by atoms with Crippen molar-refractivity contribution in [2.24, 2.45) is 0 Å². The molecule has 5 heteroatoms. The molecule has 0 aromatic heterocycles. The summed E-state index contributed by atoms with van der Waals surface area (Å²) in [4.78, 5) is 22.1. The van der Waals surface area contributed by atoms with Gasteiger partial charge in [0.05, 0.1) is 0 Å². The zero-order valence-electron chi connectivity index (χ0n) is 9.94. The summed E-state index contributed by atoms with van der Waals surface area (Å²) in [5.74, 6) is -0.822. The van der Waals surface area contributed by atoms with Gasteiger partial charge >= 0.3 is 11.9 Å². The predicted octanol–water partition coefficient (Wildman–Crippen LogP) is 1.94. The SMILES string of the molecule is CCC(=O)Oc1c(OC(C)=O)ccc(O)c1C. The van der Waals surface area contributed by atoms with Gasteiger partial charge in [-0.1, -0.05) is 6.92 Å². The van der Waals surface area contributed by atoms with Crippen molar-refractivity contribution < 1.29 is 24.2 Å². The van der Waals surface area contributed by atoms with E-state index in [-0.39, 0.29) is 23.7 Å². The molecule has 0 atom stereocenters. The number of hydrogen-bond acceptors (Lipinski definition) is 5. The second kappa shape index (κ2) is 5.34. The molecule has 0 fully saturated rings. The van der Waals surface area contributed by atoms with Crippen molar-refractivity contribution in [2.75, 3.05) is 0 Å². The third kappa shape index (κ3) is 3.21. The Morgan fingerprint density at radius 3 is 2.47 bits per heavy atom. The molecule has 1 aromatic rings. The Hall–Kier alpha value is -2.04. The third-order valence-corrected chi connectivity index (χ3v) is 2.10.